The van der Waals surface area contributed by atoms with Crippen LogP contribution in [0.2, 0.25) is 0 Å². The number of hydrogen-bond donors (Lipinski definition) is 1. The fourth-order valence-corrected chi connectivity index (χ4v) is 4.14. The average Bonchev–Trinajstić information content (AvgIpc) is 2.52. The summed E-state index contributed by atoms with van der Waals surface area (Å²) < 4.78 is 6.24. The zero-order chi connectivity index (χ0) is 17.9. The fraction of sp³-hybridized carbons (Fsp3) is 0.950. The molecule has 1 heterocycles. The third kappa shape index (κ3) is 4.95. The quantitative estimate of drug-likeness (QED) is 0.852. The van der Waals surface area contributed by atoms with Crippen LogP contribution in [0.5, 0.6) is 0 Å². The molecule has 2 N–H and O–H groups in total. The lowest BCUT2D eigenvalue weighted by Crippen LogP contribution is -2.58. The van der Waals surface area contributed by atoms with Gasteiger partial charge in [-0.05, 0) is 50.4 Å². The van der Waals surface area contributed by atoms with Crippen molar-refractivity contribution < 1.29 is 9.53 Å². The minimum absolute atomic E-state index is 0.0355. The highest BCUT2D eigenvalue weighted by Gasteiger charge is 2.37. The summed E-state index contributed by atoms with van der Waals surface area (Å²) in [7, 11) is 0. The molecule has 1 saturated carbocycles. The Hall–Kier alpha value is -0.610. The third-order valence-corrected chi connectivity index (χ3v) is 5.90. The molecule has 2 fully saturated rings. The van der Waals surface area contributed by atoms with Gasteiger partial charge in [0.2, 0.25) is 5.91 Å². The van der Waals surface area contributed by atoms with Gasteiger partial charge in [0.05, 0.1) is 18.8 Å². The van der Waals surface area contributed by atoms with E-state index in [1.807, 2.05) is 25.7 Å². The molecule has 0 spiro atoms. The highest BCUT2D eigenvalue weighted by atomic mass is 16.5. The number of ether oxygens (including phenoxy) is 1. The summed E-state index contributed by atoms with van der Waals surface area (Å²) in [6.45, 7) is 12.0. The predicted octanol–water partition coefficient (Wildman–Crippen LogP) is 3.58. The van der Waals surface area contributed by atoms with Crippen molar-refractivity contribution in [3.63, 3.8) is 0 Å². The summed E-state index contributed by atoms with van der Waals surface area (Å²) in [5, 5.41) is 0. The molecule has 2 aliphatic rings. The number of rotatable bonds is 4. The number of likely N-dealkylation sites (tertiary alicyclic amines) is 1. The lowest BCUT2D eigenvalue weighted by Gasteiger charge is -2.43. The first kappa shape index (κ1) is 19.7. The van der Waals surface area contributed by atoms with E-state index in [-0.39, 0.29) is 23.4 Å². The Morgan fingerprint density at radius 3 is 2.33 bits per heavy atom. The Bertz CT molecular complexity index is 408. The van der Waals surface area contributed by atoms with Crippen LogP contribution in [-0.4, -0.2) is 42.1 Å². The minimum Gasteiger partial charge on any atom is -0.376 e. The number of carbonyl (C=O) groups excluding carboxylic acids is 1. The first-order valence-electron chi connectivity index (χ1n) is 9.88. The molecular weight excluding hydrogens is 300 g/mol. The van der Waals surface area contributed by atoms with Crippen LogP contribution in [0.15, 0.2) is 0 Å². The molecule has 1 aliphatic carbocycles. The normalized spacial score (nSPS) is 32.2. The standard InChI is InChI=1S/C20H38N2O2/c1-14(2)15-8-10-16(11-9-15)24-13-18-17(21)7-6-12-22(18)19(23)20(3,4)5/h14-18H,6-13,21H2,1-5H3/t15-,16+,17-,18-/m0/s1. The van der Waals surface area contributed by atoms with Gasteiger partial charge < -0.3 is 15.4 Å². The summed E-state index contributed by atoms with van der Waals surface area (Å²) in [5.74, 6) is 1.83. The summed E-state index contributed by atoms with van der Waals surface area (Å²) in [6.07, 6.45) is 7.17. The van der Waals surface area contributed by atoms with E-state index < -0.39 is 0 Å². The first-order valence-corrected chi connectivity index (χ1v) is 9.88. The smallest absolute Gasteiger partial charge is 0.228 e. The van der Waals surface area contributed by atoms with Crippen molar-refractivity contribution in [2.24, 2.45) is 23.0 Å². The van der Waals surface area contributed by atoms with Crippen molar-refractivity contribution in [1.29, 1.82) is 0 Å². The molecule has 2 atom stereocenters. The van der Waals surface area contributed by atoms with E-state index in [1.54, 1.807) is 0 Å². The number of hydrogen-bond acceptors (Lipinski definition) is 3. The van der Waals surface area contributed by atoms with Gasteiger partial charge in [0, 0.05) is 18.0 Å². The maximum Gasteiger partial charge on any atom is 0.228 e. The van der Waals surface area contributed by atoms with Crippen LogP contribution in [0.1, 0.15) is 73.1 Å². The fourth-order valence-electron chi connectivity index (χ4n) is 4.14. The Labute approximate surface area is 148 Å². The third-order valence-electron chi connectivity index (χ3n) is 5.90. The second kappa shape index (κ2) is 8.18. The maximum atomic E-state index is 12.8. The zero-order valence-corrected chi connectivity index (χ0v) is 16.4. The van der Waals surface area contributed by atoms with E-state index >= 15 is 0 Å². The van der Waals surface area contributed by atoms with Gasteiger partial charge in [-0.2, -0.15) is 0 Å². The zero-order valence-electron chi connectivity index (χ0n) is 16.4. The maximum absolute atomic E-state index is 12.8. The van der Waals surface area contributed by atoms with E-state index in [4.69, 9.17) is 10.5 Å². The number of carbonyl (C=O) groups is 1. The molecule has 0 radical (unpaired) electrons. The molecule has 0 aromatic carbocycles. The topological polar surface area (TPSA) is 55.6 Å². The van der Waals surface area contributed by atoms with E-state index in [0.717, 1.165) is 44.1 Å². The van der Waals surface area contributed by atoms with Gasteiger partial charge in [0.25, 0.3) is 0 Å². The lowest BCUT2D eigenvalue weighted by atomic mass is 9.80. The van der Waals surface area contributed by atoms with Crippen molar-refractivity contribution in [3.05, 3.63) is 0 Å². The van der Waals surface area contributed by atoms with E-state index in [0.29, 0.717) is 12.7 Å². The van der Waals surface area contributed by atoms with Gasteiger partial charge in [0.15, 0.2) is 0 Å². The van der Waals surface area contributed by atoms with E-state index in [2.05, 4.69) is 13.8 Å². The number of nitrogens with zero attached hydrogens (tertiary/aromatic N) is 1. The van der Waals surface area contributed by atoms with Crippen LogP contribution in [0, 0.1) is 17.3 Å². The number of nitrogens with two attached hydrogens (primary N) is 1. The van der Waals surface area contributed by atoms with Crippen molar-refractivity contribution in [1.82, 2.24) is 4.90 Å². The predicted molar refractivity (Wildman–Crippen MR) is 98.7 cm³/mol. The van der Waals surface area contributed by atoms with Gasteiger partial charge in [-0.1, -0.05) is 34.6 Å². The molecular formula is C20H38N2O2. The highest BCUT2D eigenvalue weighted by molar-refractivity contribution is 5.82. The molecule has 0 unspecified atom stereocenters. The van der Waals surface area contributed by atoms with Gasteiger partial charge in [0.1, 0.15) is 0 Å². The van der Waals surface area contributed by atoms with Crippen molar-refractivity contribution >= 4 is 5.91 Å². The van der Waals surface area contributed by atoms with Gasteiger partial charge in [-0.15, -0.1) is 0 Å². The number of amides is 1. The number of piperidine rings is 1. The summed E-state index contributed by atoms with van der Waals surface area (Å²) in [4.78, 5) is 14.8. The second-order valence-electron chi connectivity index (χ2n) is 9.24. The lowest BCUT2D eigenvalue weighted by molar-refractivity contribution is -0.146. The molecule has 2 rings (SSSR count). The molecule has 0 bridgehead atoms. The van der Waals surface area contributed by atoms with Gasteiger partial charge in [-0.25, -0.2) is 0 Å². The highest BCUT2D eigenvalue weighted by Crippen LogP contribution is 2.32. The molecule has 0 aromatic rings. The molecule has 0 aromatic heterocycles. The van der Waals surface area contributed by atoms with E-state index in [9.17, 15) is 4.79 Å². The van der Waals surface area contributed by atoms with Crippen molar-refractivity contribution in [3.8, 4) is 0 Å². The van der Waals surface area contributed by atoms with Crippen LogP contribution >= 0.6 is 0 Å². The SMILES string of the molecule is CC(C)[C@H]1CC[C@@H](OC[C@H]2[C@@H](N)CCCN2C(=O)C(C)(C)C)CC1. The molecule has 4 nitrogen and oxygen atoms in total. The Balaban J connectivity index is 1.90. The second-order valence-corrected chi connectivity index (χ2v) is 9.24. The Kier molecular flexibility index (Phi) is 6.72. The van der Waals surface area contributed by atoms with Gasteiger partial charge >= 0.3 is 0 Å². The van der Waals surface area contributed by atoms with Crippen LogP contribution in [-0.2, 0) is 9.53 Å². The van der Waals surface area contributed by atoms with Crippen LogP contribution in [0.25, 0.3) is 0 Å². The molecule has 24 heavy (non-hydrogen) atoms. The Morgan fingerprint density at radius 2 is 1.79 bits per heavy atom. The molecule has 140 valence electrons. The Morgan fingerprint density at radius 1 is 1.17 bits per heavy atom. The molecule has 1 saturated heterocycles. The molecule has 1 aliphatic heterocycles. The van der Waals surface area contributed by atoms with Crippen molar-refractivity contribution in [2.75, 3.05) is 13.2 Å². The van der Waals surface area contributed by atoms with Crippen LogP contribution < -0.4 is 5.73 Å². The van der Waals surface area contributed by atoms with Crippen LogP contribution in [0.4, 0.5) is 0 Å². The van der Waals surface area contributed by atoms with E-state index in [1.165, 1.54) is 12.8 Å². The first-order chi connectivity index (χ1) is 11.2. The molecule has 1 amide bonds. The summed E-state index contributed by atoms with van der Waals surface area (Å²) >= 11 is 0. The van der Waals surface area contributed by atoms with Crippen molar-refractivity contribution in [2.45, 2.75) is 91.3 Å². The monoisotopic (exact) mass is 338 g/mol. The van der Waals surface area contributed by atoms with Crippen LogP contribution in [0.3, 0.4) is 0 Å². The average molecular weight is 339 g/mol. The minimum atomic E-state index is -0.357. The van der Waals surface area contributed by atoms with Gasteiger partial charge in [-0.3, -0.25) is 4.79 Å². The summed E-state index contributed by atoms with van der Waals surface area (Å²) in [5.41, 5.74) is 6.00. The molecule has 4 heteroatoms. The summed E-state index contributed by atoms with van der Waals surface area (Å²) in [6, 6.07) is 0.0744. The largest absolute Gasteiger partial charge is 0.376 e.